The number of hydrogen-bond donors (Lipinski definition) is 3. The maximum atomic E-state index is 13.1. The number of amides is 1. The van der Waals surface area contributed by atoms with Crippen LogP contribution in [0.15, 0.2) is 0 Å². The van der Waals surface area contributed by atoms with E-state index in [1.807, 2.05) is 0 Å². The molecule has 0 spiro atoms. The van der Waals surface area contributed by atoms with Crippen LogP contribution in [0.1, 0.15) is 26.7 Å². The van der Waals surface area contributed by atoms with Crippen molar-refractivity contribution in [3.05, 3.63) is 0 Å². The van der Waals surface area contributed by atoms with Gasteiger partial charge in [0.25, 0.3) is 0 Å². The molecule has 1 fully saturated rings. The molecule has 0 aromatic rings. The van der Waals surface area contributed by atoms with Crippen LogP contribution in [-0.2, 0) is 9.59 Å². The van der Waals surface area contributed by atoms with E-state index in [1.165, 1.54) is 13.8 Å². The Labute approximate surface area is 108 Å². The average molecular weight is 282 g/mol. The number of rotatable bonds is 4. The summed E-state index contributed by atoms with van der Waals surface area (Å²) in [6.07, 6.45) is -5.45. The van der Waals surface area contributed by atoms with Crippen LogP contribution in [0.5, 0.6) is 0 Å². The lowest BCUT2D eigenvalue weighted by Gasteiger charge is -2.34. The normalized spacial score (nSPS) is 24.3. The van der Waals surface area contributed by atoms with Crippen molar-refractivity contribution in [1.82, 2.24) is 10.6 Å². The highest BCUT2D eigenvalue weighted by molar-refractivity contribution is 5.85. The molecule has 1 rings (SSSR count). The molecule has 8 heteroatoms. The first-order valence-corrected chi connectivity index (χ1v) is 5.82. The monoisotopic (exact) mass is 282 g/mol. The van der Waals surface area contributed by atoms with E-state index in [4.69, 9.17) is 5.11 Å². The molecule has 0 radical (unpaired) electrons. The maximum absolute atomic E-state index is 13.1. The lowest BCUT2D eigenvalue weighted by molar-refractivity contribution is -0.216. The van der Waals surface area contributed by atoms with Gasteiger partial charge in [-0.1, -0.05) is 0 Å². The largest absolute Gasteiger partial charge is 0.481 e. The summed E-state index contributed by atoms with van der Waals surface area (Å²) in [5.41, 5.74) is -3.70. The summed E-state index contributed by atoms with van der Waals surface area (Å²) in [6, 6.07) is 0. The topological polar surface area (TPSA) is 78.4 Å². The fourth-order valence-electron chi connectivity index (χ4n) is 2.11. The van der Waals surface area contributed by atoms with Crippen LogP contribution in [0.2, 0.25) is 0 Å². The molecule has 0 aliphatic carbocycles. The molecule has 5 nitrogen and oxygen atoms in total. The summed E-state index contributed by atoms with van der Waals surface area (Å²) in [4.78, 5) is 22.6. The number of carboxylic acids is 1. The van der Waals surface area contributed by atoms with Crippen molar-refractivity contribution in [3.63, 3.8) is 0 Å². The first-order valence-electron chi connectivity index (χ1n) is 5.82. The van der Waals surface area contributed by atoms with Gasteiger partial charge in [0.05, 0.1) is 6.42 Å². The van der Waals surface area contributed by atoms with Crippen molar-refractivity contribution in [2.75, 3.05) is 13.1 Å². The second-order valence-electron chi connectivity index (χ2n) is 5.42. The Morgan fingerprint density at radius 2 is 1.95 bits per heavy atom. The molecule has 1 aliphatic heterocycles. The number of carboxylic acid groups (broad SMARTS) is 1. The number of nitrogens with one attached hydrogen (secondary N) is 2. The van der Waals surface area contributed by atoms with Crippen LogP contribution < -0.4 is 10.6 Å². The van der Waals surface area contributed by atoms with E-state index < -0.39 is 42.0 Å². The highest BCUT2D eigenvalue weighted by Gasteiger charge is 2.61. The number of halogens is 3. The molecule has 1 aliphatic rings. The van der Waals surface area contributed by atoms with E-state index >= 15 is 0 Å². The second kappa shape index (κ2) is 4.99. The van der Waals surface area contributed by atoms with Crippen molar-refractivity contribution in [2.45, 2.75) is 38.4 Å². The van der Waals surface area contributed by atoms with Crippen LogP contribution in [0.25, 0.3) is 0 Å². The highest BCUT2D eigenvalue weighted by atomic mass is 19.4. The number of carbonyl (C=O) groups is 2. The van der Waals surface area contributed by atoms with Crippen molar-refractivity contribution in [2.24, 2.45) is 5.41 Å². The molecule has 0 aromatic heterocycles. The van der Waals surface area contributed by atoms with Crippen molar-refractivity contribution in [3.8, 4) is 0 Å². The van der Waals surface area contributed by atoms with Crippen molar-refractivity contribution >= 4 is 11.9 Å². The van der Waals surface area contributed by atoms with E-state index in [0.717, 1.165) is 0 Å². The first kappa shape index (κ1) is 15.7. The van der Waals surface area contributed by atoms with Gasteiger partial charge in [-0.15, -0.1) is 0 Å². The molecule has 0 aromatic carbocycles. The Morgan fingerprint density at radius 3 is 2.32 bits per heavy atom. The van der Waals surface area contributed by atoms with Gasteiger partial charge in [-0.3, -0.25) is 9.59 Å². The van der Waals surface area contributed by atoms with Gasteiger partial charge in [0.1, 0.15) is 0 Å². The fourth-order valence-corrected chi connectivity index (χ4v) is 2.11. The van der Waals surface area contributed by atoms with Crippen molar-refractivity contribution in [1.29, 1.82) is 0 Å². The lowest BCUT2D eigenvalue weighted by atomic mass is 9.84. The predicted molar refractivity (Wildman–Crippen MR) is 60.4 cm³/mol. The molecule has 1 atom stereocenters. The van der Waals surface area contributed by atoms with E-state index in [0.29, 0.717) is 0 Å². The quantitative estimate of drug-likeness (QED) is 0.716. The SMILES string of the molecule is CC(C)(CC(=O)O)NC(=O)C1(C(F)(F)F)CCNC1. The zero-order valence-electron chi connectivity index (χ0n) is 10.7. The van der Waals surface area contributed by atoms with Crippen LogP contribution in [0, 0.1) is 5.41 Å². The molecule has 0 bridgehead atoms. The average Bonchev–Trinajstić information content (AvgIpc) is 2.61. The zero-order valence-corrected chi connectivity index (χ0v) is 10.7. The summed E-state index contributed by atoms with van der Waals surface area (Å²) in [5, 5.41) is 13.4. The Kier molecular flexibility index (Phi) is 4.14. The molecular weight excluding hydrogens is 265 g/mol. The maximum Gasteiger partial charge on any atom is 0.404 e. The molecule has 3 N–H and O–H groups in total. The standard InChI is InChI=1S/C11H17F3N2O3/c1-9(2,5-7(17)18)16-8(19)10(11(12,13)14)3-4-15-6-10/h15H,3-6H2,1-2H3,(H,16,19)(H,17,18). The summed E-state index contributed by atoms with van der Waals surface area (Å²) >= 11 is 0. The molecule has 1 saturated heterocycles. The van der Waals surface area contributed by atoms with Gasteiger partial charge in [0, 0.05) is 12.1 Å². The number of aliphatic carboxylic acids is 1. The van der Waals surface area contributed by atoms with E-state index in [2.05, 4.69) is 10.6 Å². The summed E-state index contributed by atoms with van der Waals surface area (Å²) in [7, 11) is 0. The van der Waals surface area contributed by atoms with Gasteiger partial charge in [-0.25, -0.2) is 0 Å². The predicted octanol–water partition coefficient (Wildman–Crippen LogP) is 0.898. The summed E-state index contributed by atoms with van der Waals surface area (Å²) < 4.78 is 39.3. The Hall–Kier alpha value is -1.31. The summed E-state index contributed by atoms with van der Waals surface area (Å²) in [5.74, 6) is -2.35. The molecule has 19 heavy (non-hydrogen) atoms. The van der Waals surface area contributed by atoms with Crippen LogP contribution in [0.4, 0.5) is 13.2 Å². The van der Waals surface area contributed by atoms with E-state index in [1.54, 1.807) is 0 Å². The van der Waals surface area contributed by atoms with E-state index in [9.17, 15) is 22.8 Å². The molecule has 1 heterocycles. The number of hydrogen-bond acceptors (Lipinski definition) is 3. The fraction of sp³-hybridized carbons (Fsp3) is 0.818. The van der Waals surface area contributed by atoms with Crippen molar-refractivity contribution < 1.29 is 27.9 Å². The molecule has 110 valence electrons. The highest BCUT2D eigenvalue weighted by Crippen LogP contribution is 2.43. The van der Waals surface area contributed by atoms with E-state index in [-0.39, 0.29) is 13.0 Å². The van der Waals surface area contributed by atoms with Gasteiger partial charge in [0.2, 0.25) is 5.91 Å². The lowest BCUT2D eigenvalue weighted by Crippen LogP contribution is -2.57. The molecule has 0 saturated carbocycles. The van der Waals surface area contributed by atoms with Gasteiger partial charge >= 0.3 is 12.1 Å². The van der Waals surface area contributed by atoms with Gasteiger partial charge < -0.3 is 15.7 Å². The molecular formula is C11H17F3N2O3. The van der Waals surface area contributed by atoms with Gasteiger partial charge in [0.15, 0.2) is 5.41 Å². The Bertz CT molecular complexity index is 374. The molecule has 1 amide bonds. The second-order valence-corrected chi connectivity index (χ2v) is 5.42. The zero-order chi connectivity index (χ0) is 14.9. The van der Waals surface area contributed by atoms with Crippen LogP contribution >= 0.6 is 0 Å². The Balaban J connectivity index is 2.88. The third-order valence-corrected chi connectivity index (χ3v) is 3.18. The Morgan fingerprint density at radius 1 is 1.37 bits per heavy atom. The number of carbonyl (C=O) groups excluding carboxylic acids is 1. The minimum absolute atomic E-state index is 0.103. The smallest absolute Gasteiger partial charge is 0.404 e. The minimum Gasteiger partial charge on any atom is -0.481 e. The minimum atomic E-state index is -4.67. The van der Waals surface area contributed by atoms with Gasteiger partial charge in [-0.2, -0.15) is 13.2 Å². The van der Waals surface area contributed by atoms with Crippen LogP contribution in [0.3, 0.4) is 0 Å². The first-order chi connectivity index (χ1) is 8.50. The third kappa shape index (κ3) is 3.37. The third-order valence-electron chi connectivity index (χ3n) is 3.18. The summed E-state index contributed by atoms with van der Waals surface area (Å²) in [6.45, 7) is 2.38. The van der Waals surface area contributed by atoms with Crippen LogP contribution in [-0.4, -0.2) is 41.8 Å². The molecule has 1 unspecified atom stereocenters. The number of alkyl halides is 3. The van der Waals surface area contributed by atoms with Gasteiger partial charge in [-0.05, 0) is 26.8 Å².